The number of hydrogen-bond acceptors (Lipinski definition) is 3. The van der Waals surface area contributed by atoms with E-state index in [9.17, 15) is 0 Å². The number of aryl methyl sites for hydroxylation is 2. The van der Waals surface area contributed by atoms with Crippen molar-refractivity contribution < 1.29 is 0 Å². The lowest BCUT2D eigenvalue weighted by molar-refractivity contribution is 1.27. The number of nitrogen functional groups attached to an aromatic ring is 1. The number of H-pyrrole nitrogens is 1. The topological polar surface area (TPSA) is 54.7 Å². The fourth-order valence-electron chi connectivity index (χ4n) is 1.93. The Labute approximate surface area is 103 Å². The summed E-state index contributed by atoms with van der Waals surface area (Å²) < 4.78 is 0. The molecule has 0 atom stereocenters. The number of aromatic amines is 1. The molecule has 0 fully saturated rings. The first-order valence-corrected chi connectivity index (χ1v) is 6.33. The Bertz CT molecular complexity index is 655. The maximum Gasteiger partial charge on any atom is 0.0977 e. The number of aromatic nitrogens is 2. The van der Waals surface area contributed by atoms with E-state index in [4.69, 9.17) is 5.73 Å². The Balaban J connectivity index is 2.19. The van der Waals surface area contributed by atoms with Gasteiger partial charge in [0.05, 0.1) is 16.4 Å². The highest BCUT2D eigenvalue weighted by Crippen LogP contribution is 2.27. The molecule has 0 aliphatic rings. The molecule has 1 aromatic carbocycles. The van der Waals surface area contributed by atoms with E-state index in [0.29, 0.717) is 0 Å². The smallest absolute Gasteiger partial charge is 0.0977 e. The van der Waals surface area contributed by atoms with Crippen molar-refractivity contribution in [3.63, 3.8) is 0 Å². The monoisotopic (exact) mass is 243 g/mol. The van der Waals surface area contributed by atoms with Gasteiger partial charge in [-0.15, -0.1) is 11.3 Å². The summed E-state index contributed by atoms with van der Waals surface area (Å²) in [7, 11) is 0. The predicted molar refractivity (Wildman–Crippen MR) is 73.3 cm³/mol. The zero-order valence-corrected chi connectivity index (χ0v) is 10.6. The van der Waals surface area contributed by atoms with Gasteiger partial charge < -0.3 is 10.7 Å². The van der Waals surface area contributed by atoms with Crippen LogP contribution in [0.3, 0.4) is 0 Å². The molecule has 3 nitrogen and oxygen atoms in total. The van der Waals surface area contributed by atoms with Crippen LogP contribution in [0.25, 0.3) is 22.3 Å². The van der Waals surface area contributed by atoms with Gasteiger partial charge in [0.15, 0.2) is 0 Å². The molecule has 0 radical (unpaired) electrons. The van der Waals surface area contributed by atoms with E-state index < -0.39 is 0 Å². The van der Waals surface area contributed by atoms with Crippen LogP contribution >= 0.6 is 11.3 Å². The molecular weight excluding hydrogens is 230 g/mol. The van der Waals surface area contributed by atoms with Crippen molar-refractivity contribution in [3.05, 3.63) is 34.2 Å². The zero-order chi connectivity index (χ0) is 12.0. The van der Waals surface area contributed by atoms with Crippen molar-refractivity contribution >= 4 is 27.9 Å². The van der Waals surface area contributed by atoms with Crippen molar-refractivity contribution in [3.8, 4) is 11.4 Å². The maximum atomic E-state index is 5.91. The van der Waals surface area contributed by atoms with Gasteiger partial charge in [0.1, 0.15) is 0 Å². The number of benzene rings is 1. The molecule has 17 heavy (non-hydrogen) atoms. The van der Waals surface area contributed by atoms with Gasteiger partial charge in [0.25, 0.3) is 0 Å². The highest BCUT2D eigenvalue weighted by atomic mass is 32.1. The van der Waals surface area contributed by atoms with Crippen molar-refractivity contribution in [2.75, 3.05) is 5.73 Å². The molecule has 0 aliphatic heterocycles. The molecule has 86 valence electrons. The third-order valence-electron chi connectivity index (χ3n) is 2.90. The fraction of sp³-hybridized carbons (Fsp3) is 0.154. The second-order valence-electron chi connectivity index (χ2n) is 4.23. The van der Waals surface area contributed by atoms with Crippen LogP contribution in [-0.4, -0.2) is 9.97 Å². The molecule has 0 unspecified atom stereocenters. The number of nitrogens with one attached hydrogen (secondary N) is 1. The van der Waals surface area contributed by atoms with Crippen molar-refractivity contribution in [1.29, 1.82) is 0 Å². The van der Waals surface area contributed by atoms with Crippen LogP contribution in [0.2, 0.25) is 0 Å². The zero-order valence-electron chi connectivity index (χ0n) is 9.74. The lowest BCUT2D eigenvalue weighted by Crippen LogP contribution is -1.87. The second-order valence-corrected chi connectivity index (χ2v) is 5.29. The molecule has 0 saturated carbocycles. The van der Waals surface area contributed by atoms with E-state index in [1.54, 1.807) is 11.3 Å². The van der Waals surface area contributed by atoms with Crippen LogP contribution in [0, 0.1) is 13.8 Å². The maximum absolute atomic E-state index is 5.91. The molecular formula is C13H13N3S. The minimum Gasteiger partial charge on any atom is -0.398 e. The number of rotatable bonds is 1. The molecule has 3 N–H and O–H groups in total. The lowest BCUT2D eigenvalue weighted by Gasteiger charge is -1.98. The third kappa shape index (κ3) is 1.70. The molecule has 4 heteroatoms. The highest BCUT2D eigenvalue weighted by Gasteiger charge is 2.07. The highest BCUT2D eigenvalue weighted by molar-refractivity contribution is 7.09. The number of thiazole rings is 1. The van der Waals surface area contributed by atoms with Gasteiger partial charge in [-0.1, -0.05) is 0 Å². The molecule has 0 aliphatic carbocycles. The van der Waals surface area contributed by atoms with Gasteiger partial charge in [0.2, 0.25) is 0 Å². The van der Waals surface area contributed by atoms with Crippen LogP contribution in [0.15, 0.2) is 23.6 Å². The lowest BCUT2D eigenvalue weighted by atomic mass is 10.1. The van der Waals surface area contributed by atoms with Gasteiger partial charge >= 0.3 is 0 Å². The first-order chi connectivity index (χ1) is 8.13. The van der Waals surface area contributed by atoms with E-state index in [1.807, 2.05) is 19.9 Å². The fourth-order valence-corrected chi connectivity index (χ4v) is 2.54. The Hall–Kier alpha value is -1.81. The van der Waals surface area contributed by atoms with E-state index in [0.717, 1.165) is 38.5 Å². The largest absolute Gasteiger partial charge is 0.398 e. The quantitative estimate of drug-likeness (QED) is 0.643. The summed E-state index contributed by atoms with van der Waals surface area (Å²) in [5, 5.41) is 4.28. The van der Waals surface area contributed by atoms with Crippen LogP contribution in [0.5, 0.6) is 0 Å². The minimum atomic E-state index is 0.831. The van der Waals surface area contributed by atoms with E-state index in [2.05, 4.69) is 27.5 Å². The van der Waals surface area contributed by atoms with Gasteiger partial charge in [0, 0.05) is 22.0 Å². The summed E-state index contributed by atoms with van der Waals surface area (Å²) in [5.41, 5.74) is 11.0. The Kier molecular flexibility index (Phi) is 2.19. The molecule has 2 heterocycles. The normalized spacial score (nSPS) is 11.2. The molecule has 3 rings (SSSR count). The average Bonchev–Trinajstić information content (AvgIpc) is 2.85. The molecule has 0 amide bonds. The summed E-state index contributed by atoms with van der Waals surface area (Å²) in [6.45, 7) is 4.03. The number of fused-ring (bicyclic) bond motifs is 1. The van der Waals surface area contributed by atoms with Crippen LogP contribution in [0.4, 0.5) is 5.69 Å². The predicted octanol–water partition coefficient (Wildman–Crippen LogP) is 3.49. The third-order valence-corrected chi connectivity index (χ3v) is 3.68. The van der Waals surface area contributed by atoms with E-state index >= 15 is 0 Å². The van der Waals surface area contributed by atoms with Crippen LogP contribution in [0.1, 0.15) is 10.6 Å². The minimum absolute atomic E-state index is 0.831. The SMILES string of the molecule is Cc1nc(-c2cc3cc(N)c(C)cc3[nH]2)cs1. The standard InChI is InChI=1S/C13H13N3S/c1-7-3-11-9(4-10(7)14)5-12(16-11)13-6-17-8(2)15-13/h3-6,16H,14H2,1-2H3. The number of anilines is 1. The number of nitrogens with zero attached hydrogens (tertiary/aromatic N) is 1. The summed E-state index contributed by atoms with van der Waals surface area (Å²) >= 11 is 1.66. The number of hydrogen-bond donors (Lipinski definition) is 2. The van der Waals surface area contributed by atoms with Crippen LogP contribution in [-0.2, 0) is 0 Å². The summed E-state index contributed by atoms with van der Waals surface area (Å²) in [6.07, 6.45) is 0. The van der Waals surface area contributed by atoms with E-state index in [1.165, 1.54) is 0 Å². The molecule has 0 bridgehead atoms. The van der Waals surface area contributed by atoms with Crippen molar-refractivity contribution in [1.82, 2.24) is 9.97 Å². The van der Waals surface area contributed by atoms with E-state index in [-0.39, 0.29) is 0 Å². The van der Waals surface area contributed by atoms with Gasteiger partial charge in [-0.05, 0) is 37.6 Å². The first kappa shape index (κ1) is 10.4. The van der Waals surface area contributed by atoms with Crippen LogP contribution < -0.4 is 5.73 Å². The van der Waals surface area contributed by atoms with Gasteiger partial charge in [-0.2, -0.15) is 0 Å². The average molecular weight is 243 g/mol. The van der Waals surface area contributed by atoms with Crippen molar-refractivity contribution in [2.24, 2.45) is 0 Å². The molecule has 0 saturated heterocycles. The number of nitrogens with two attached hydrogens (primary N) is 1. The summed E-state index contributed by atoms with van der Waals surface area (Å²) in [4.78, 5) is 7.86. The van der Waals surface area contributed by atoms with Gasteiger partial charge in [-0.3, -0.25) is 0 Å². The first-order valence-electron chi connectivity index (χ1n) is 5.45. The summed E-state index contributed by atoms with van der Waals surface area (Å²) in [6, 6.07) is 6.18. The van der Waals surface area contributed by atoms with Crippen molar-refractivity contribution in [2.45, 2.75) is 13.8 Å². The Morgan fingerprint density at radius 2 is 2.06 bits per heavy atom. The Morgan fingerprint density at radius 1 is 1.24 bits per heavy atom. The van der Waals surface area contributed by atoms with Gasteiger partial charge in [-0.25, -0.2) is 4.98 Å². The molecule has 2 aromatic heterocycles. The Morgan fingerprint density at radius 3 is 2.76 bits per heavy atom. The second kappa shape index (κ2) is 3.60. The molecule has 3 aromatic rings. The summed E-state index contributed by atoms with van der Waals surface area (Å²) in [5.74, 6) is 0. The molecule has 0 spiro atoms.